The van der Waals surface area contributed by atoms with E-state index in [1.54, 1.807) is 6.07 Å². The van der Waals surface area contributed by atoms with Crippen molar-refractivity contribution >= 4 is 28.3 Å². The molecule has 0 saturated carbocycles. The third-order valence-corrected chi connectivity index (χ3v) is 4.53. The summed E-state index contributed by atoms with van der Waals surface area (Å²) in [5.74, 6) is 0.777. The molecule has 25 heavy (non-hydrogen) atoms. The van der Waals surface area contributed by atoms with Crippen molar-refractivity contribution in [2.24, 2.45) is 0 Å². The minimum Gasteiger partial charge on any atom is -0.310 e. The molecule has 0 aliphatic rings. The van der Waals surface area contributed by atoms with Crippen molar-refractivity contribution < 1.29 is 4.92 Å². The molecule has 0 aliphatic carbocycles. The van der Waals surface area contributed by atoms with Gasteiger partial charge in [0, 0.05) is 22.7 Å². The Bertz CT molecular complexity index is 901. The summed E-state index contributed by atoms with van der Waals surface area (Å²) in [5, 5.41) is 11.7. The average Bonchev–Trinajstić information content (AvgIpc) is 2.97. The van der Waals surface area contributed by atoms with Gasteiger partial charge in [-0.2, -0.15) is 0 Å². The summed E-state index contributed by atoms with van der Waals surface area (Å²) >= 11 is 5.99. The number of hydrogen-bond donors (Lipinski definition) is 0. The number of rotatable bonds is 6. The van der Waals surface area contributed by atoms with E-state index in [-0.39, 0.29) is 5.69 Å². The van der Waals surface area contributed by atoms with E-state index < -0.39 is 4.92 Å². The van der Waals surface area contributed by atoms with E-state index in [9.17, 15) is 10.1 Å². The van der Waals surface area contributed by atoms with Crippen LogP contribution in [0.2, 0.25) is 5.02 Å². The van der Waals surface area contributed by atoms with E-state index in [2.05, 4.69) is 28.3 Å². The predicted molar refractivity (Wildman–Crippen MR) is 99.8 cm³/mol. The number of nitrogens with zero attached hydrogens (tertiary/aromatic N) is 4. The molecule has 3 rings (SSSR count). The number of nitro groups is 1. The first-order valence-electron chi connectivity index (χ1n) is 8.16. The first-order chi connectivity index (χ1) is 12.0. The third-order valence-electron chi connectivity index (χ3n) is 4.28. The molecule has 6 nitrogen and oxygen atoms in total. The molecule has 1 aromatic heterocycles. The summed E-state index contributed by atoms with van der Waals surface area (Å²) in [4.78, 5) is 17.6. The highest BCUT2D eigenvalue weighted by molar-refractivity contribution is 6.30. The van der Waals surface area contributed by atoms with Crippen molar-refractivity contribution in [1.82, 2.24) is 14.5 Å². The monoisotopic (exact) mass is 358 g/mol. The van der Waals surface area contributed by atoms with Gasteiger partial charge in [-0.05, 0) is 43.4 Å². The highest BCUT2D eigenvalue weighted by Gasteiger charge is 2.17. The van der Waals surface area contributed by atoms with Crippen LogP contribution in [0.25, 0.3) is 22.4 Å². The second-order valence-electron chi connectivity index (χ2n) is 5.75. The van der Waals surface area contributed by atoms with E-state index in [1.807, 2.05) is 24.3 Å². The topological polar surface area (TPSA) is 64.2 Å². The quantitative estimate of drug-likeness (QED) is 0.478. The van der Waals surface area contributed by atoms with Gasteiger partial charge in [-0.25, -0.2) is 4.98 Å². The van der Waals surface area contributed by atoms with Crippen LogP contribution in [0.3, 0.4) is 0 Å². The zero-order valence-electron chi connectivity index (χ0n) is 14.1. The fourth-order valence-electron chi connectivity index (χ4n) is 2.82. The molecule has 0 bridgehead atoms. The van der Waals surface area contributed by atoms with Crippen molar-refractivity contribution in [1.29, 1.82) is 0 Å². The summed E-state index contributed by atoms with van der Waals surface area (Å²) in [6.07, 6.45) is 0. The molecule has 3 aromatic rings. The number of benzene rings is 2. The molecule has 2 aromatic carbocycles. The molecule has 7 heteroatoms. The maximum atomic E-state index is 11.1. The van der Waals surface area contributed by atoms with Crippen LogP contribution in [0.5, 0.6) is 0 Å². The summed E-state index contributed by atoms with van der Waals surface area (Å²) in [5.41, 5.74) is 2.46. The predicted octanol–water partition coefficient (Wildman–Crippen LogP) is 4.56. The van der Waals surface area contributed by atoms with Crippen LogP contribution in [0.4, 0.5) is 5.69 Å². The molecule has 0 amide bonds. The maximum absolute atomic E-state index is 11.1. The molecular formula is C18H19ClN4O2. The summed E-state index contributed by atoms with van der Waals surface area (Å²) in [6, 6.07) is 12.3. The van der Waals surface area contributed by atoms with Gasteiger partial charge in [-0.15, -0.1) is 0 Å². The van der Waals surface area contributed by atoms with E-state index in [0.29, 0.717) is 17.2 Å². The lowest BCUT2D eigenvalue weighted by molar-refractivity contribution is -0.384. The van der Waals surface area contributed by atoms with Crippen molar-refractivity contribution in [2.75, 3.05) is 13.1 Å². The number of nitro benzene ring substituents is 1. The molecule has 1 heterocycles. The Morgan fingerprint density at radius 2 is 1.84 bits per heavy atom. The normalized spacial score (nSPS) is 11.4. The van der Waals surface area contributed by atoms with E-state index in [4.69, 9.17) is 11.6 Å². The van der Waals surface area contributed by atoms with Crippen LogP contribution >= 0.6 is 11.6 Å². The molecule has 0 saturated heterocycles. The number of halogens is 1. The second-order valence-corrected chi connectivity index (χ2v) is 6.18. The Morgan fingerprint density at radius 3 is 2.44 bits per heavy atom. The number of fused-ring (bicyclic) bond motifs is 1. The standard InChI is InChI=1S/C18H19ClN4O2/c1-3-21(4-2)12-22-17-10-9-15(23(24)25)11-16(17)20-18(22)13-5-7-14(19)8-6-13/h5-11H,3-4,12H2,1-2H3. The van der Waals surface area contributed by atoms with Gasteiger partial charge in [0.05, 0.1) is 22.6 Å². The number of non-ortho nitro benzene ring substituents is 1. The van der Waals surface area contributed by atoms with Crippen LogP contribution in [0, 0.1) is 10.1 Å². The summed E-state index contributed by atoms with van der Waals surface area (Å²) in [6.45, 7) is 6.69. The fraction of sp³-hybridized carbons (Fsp3) is 0.278. The first kappa shape index (κ1) is 17.4. The molecule has 0 atom stereocenters. The van der Waals surface area contributed by atoms with Crippen LogP contribution in [-0.2, 0) is 6.67 Å². The van der Waals surface area contributed by atoms with Gasteiger partial charge < -0.3 is 4.57 Å². The van der Waals surface area contributed by atoms with Crippen LogP contribution in [-0.4, -0.2) is 32.5 Å². The Hall–Kier alpha value is -2.44. The summed E-state index contributed by atoms with van der Waals surface area (Å²) in [7, 11) is 0. The number of aromatic nitrogens is 2. The van der Waals surface area contributed by atoms with Crippen LogP contribution < -0.4 is 0 Å². The van der Waals surface area contributed by atoms with Crippen LogP contribution in [0.1, 0.15) is 13.8 Å². The van der Waals surface area contributed by atoms with E-state index in [0.717, 1.165) is 30.0 Å². The number of imidazole rings is 1. The van der Waals surface area contributed by atoms with Crippen LogP contribution in [0.15, 0.2) is 42.5 Å². The van der Waals surface area contributed by atoms with E-state index >= 15 is 0 Å². The van der Waals surface area contributed by atoms with Crippen molar-refractivity contribution in [3.8, 4) is 11.4 Å². The third kappa shape index (κ3) is 3.50. The van der Waals surface area contributed by atoms with Gasteiger partial charge >= 0.3 is 0 Å². The van der Waals surface area contributed by atoms with Gasteiger partial charge in [0.1, 0.15) is 5.82 Å². The van der Waals surface area contributed by atoms with Gasteiger partial charge in [0.25, 0.3) is 5.69 Å². The fourth-order valence-corrected chi connectivity index (χ4v) is 2.94. The lowest BCUT2D eigenvalue weighted by atomic mass is 10.2. The number of hydrogen-bond acceptors (Lipinski definition) is 4. The SMILES string of the molecule is CCN(CC)Cn1c(-c2ccc(Cl)cc2)nc2cc([N+](=O)[O-])ccc21. The average molecular weight is 359 g/mol. The Morgan fingerprint density at radius 1 is 1.16 bits per heavy atom. The lowest BCUT2D eigenvalue weighted by Gasteiger charge is -2.20. The van der Waals surface area contributed by atoms with Crippen molar-refractivity contribution in [2.45, 2.75) is 20.5 Å². The molecule has 0 aliphatic heterocycles. The zero-order chi connectivity index (χ0) is 18.0. The molecule has 0 unspecified atom stereocenters. The van der Waals surface area contributed by atoms with Gasteiger partial charge in [0.15, 0.2) is 0 Å². The molecule has 130 valence electrons. The highest BCUT2D eigenvalue weighted by Crippen LogP contribution is 2.28. The Labute approximate surface area is 150 Å². The molecule has 0 fully saturated rings. The minimum atomic E-state index is -0.398. The van der Waals surface area contributed by atoms with Gasteiger partial charge in [-0.1, -0.05) is 25.4 Å². The molecule has 0 spiro atoms. The second kappa shape index (κ2) is 7.21. The van der Waals surface area contributed by atoms with Gasteiger partial charge in [-0.3, -0.25) is 15.0 Å². The lowest BCUT2D eigenvalue weighted by Crippen LogP contribution is -2.26. The molecule has 0 N–H and O–H groups in total. The van der Waals surface area contributed by atoms with E-state index in [1.165, 1.54) is 12.1 Å². The molecule has 0 radical (unpaired) electrons. The first-order valence-corrected chi connectivity index (χ1v) is 8.54. The minimum absolute atomic E-state index is 0.0441. The van der Waals surface area contributed by atoms with Crippen molar-refractivity contribution in [3.05, 3.63) is 57.6 Å². The maximum Gasteiger partial charge on any atom is 0.271 e. The smallest absolute Gasteiger partial charge is 0.271 e. The van der Waals surface area contributed by atoms with Crippen molar-refractivity contribution in [3.63, 3.8) is 0 Å². The Balaban J connectivity index is 2.18. The highest BCUT2D eigenvalue weighted by atomic mass is 35.5. The molecular weight excluding hydrogens is 340 g/mol. The Kier molecular flexibility index (Phi) is 5.01. The zero-order valence-corrected chi connectivity index (χ0v) is 14.9. The largest absolute Gasteiger partial charge is 0.310 e. The van der Waals surface area contributed by atoms with Gasteiger partial charge in [0.2, 0.25) is 0 Å². The summed E-state index contributed by atoms with van der Waals surface area (Å²) < 4.78 is 2.09.